The van der Waals surface area contributed by atoms with Crippen molar-refractivity contribution in [3.63, 3.8) is 0 Å². The van der Waals surface area contributed by atoms with Crippen molar-refractivity contribution < 1.29 is 13.2 Å². The highest BCUT2D eigenvalue weighted by Crippen LogP contribution is 2.39. The molecule has 0 fully saturated rings. The van der Waals surface area contributed by atoms with Gasteiger partial charge in [-0.25, -0.2) is 8.42 Å². The minimum atomic E-state index is -3.65. The van der Waals surface area contributed by atoms with Crippen LogP contribution < -0.4 is 9.04 Å². The summed E-state index contributed by atoms with van der Waals surface area (Å²) in [7, 11) is -0.353. The van der Waals surface area contributed by atoms with Crippen molar-refractivity contribution in [1.82, 2.24) is 9.78 Å². The number of fused-ring (bicyclic) bond motifs is 1. The molecule has 118 valence electrons. The molecule has 0 saturated carbocycles. The Labute approximate surface area is 130 Å². The van der Waals surface area contributed by atoms with Crippen LogP contribution in [0.25, 0.3) is 0 Å². The van der Waals surface area contributed by atoms with E-state index in [0.29, 0.717) is 23.7 Å². The van der Waals surface area contributed by atoms with Crippen molar-refractivity contribution in [2.24, 2.45) is 7.05 Å². The first-order chi connectivity index (χ1) is 10.5. The van der Waals surface area contributed by atoms with Crippen LogP contribution >= 0.6 is 0 Å². The van der Waals surface area contributed by atoms with Gasteiger partial charge in [-0.2, -0.15) is 5.10 Å². The summed E-state index contributed by atoms with van der Waals surface area (Å²) in [4.78, 5) is 0.244. The second kappa shape index (κ2) is 5.31. The highest BCUT2D eigenvalue weighted by molar-refractivity contribution is 7.92. The number of benzene rings is 1. The van der Waals surface area contributed by atoms with E-state index >= 15 is 0 Å². The van der Waals surface area contributed by atoms with Crippen LogP contribution in [-0.2, 0) is 23.5 Å². The monoisotopic (exact) mass is 321 g/mol. The maximum Gasteiger partial charge on any atom is 0.267 e. The Kier molecular flexibility index (Phi) is 3.60. The smallest absolute Gasteiger partial charge is 0.267 e. The van der Waals surface area contributed by atoms with Gasteiger partial charge in [-0.15, -0.1) is 0 Å². The zero-order valence-electron chi connectivity index (χ0n) is 12.9. The van der Waals surface area contributed by atoms with Crippen LogP contribution in [0.5, 0.6) is 5.75 Å². The maximum absolute atomic E-state index is 13.1. The molecule has 0 spiro atoms. The fourth-order valence-corrected chi connectivity index (χ4v) is 4.57. The van der Waals surface area contributed by atoms with E-state index < -0.39 is 10.0 Å². The lowest BCUT2D eigenvalue weighted by molar-refractivity contribution is 0.414. The number of anilines is 1. The molecule has 1 aliphatic heterocycles. The standard InChI is InChI=1S/C15H19N3O3S/c1-11-14(10-16-17(11)2)22(19,20)18-9-5-7-12-6-4-8-13(21-3)15(12)18/h4,6,8,10H,5,7,9H2,1-3H3. The molecule has 2 aromatic rings. The van der Waals surface area contributed by atoms with E-state index in [1.807, 2.05) is 12.1 Å². The molecular formula is C15H19N3O3S. The summed E-state index contributed by atoms with van der Waals surface area (Å²) in [5.41, 5.74) is 2.28. The quantitative estimate of drug-likeness (QED) is 0.866. The molecule has 6 nitrogen and oxygen atoms in total. The van der Waals surface area contributed by atoms with Crippen LogP contribution in [0.4, 0.5) is 5.69 Å². The predicted molar refractivity (Wildman–Crippen MR) is 83.8 cm³/mol. The summed E-state index contributed by atoms with van der Waals surface area (Å²) >= 11 is 0. The SMILES string of the molecule is COc1cccc2c1N(S(=O)(=O)c1cnn(C)c1C)CCC2. The topological polar surface area (TPSA) is 64.4 Å². The van der Waals surface area contributed by atoms with Crippen molar-refractivity contribution in [3.8, 4) is 5.75 Å². The van der Waals surface area contributed by atoms with Gasteiger partial charge in [0.25, 0.3) is 10.0 Å². The van der Waals surface area contributed by atoms with E-state index in [2.05, 4.69) is 5.10 Å². The minimum Gasteiger partial charge on any atom is -0.495 e. The summed E-state index contributed by atoms with van der Waals surface area (Å²) in [6.07, 6.45) is 3.05. The number of para-hydroxylation sites is 1. The van der Waals surface area contributed by atoms with Crippen LogP contribution in [0.3, 0.4) is 0 Å². The molecule has 0 N–H and O–H groups in total. The van der Waals surface area contributed by atoms with Gasteiger partial charge in [0.05, 0.1) is 24.7 Å². The lowest BCUT2D eigenvalue weighted by Gasteiger charge is -2.31. The molecule has 0 saturated heterocycles. The first-order valence-corrected chi connectivity index (χ1v) is 8.58. The summed E-state index contributed by atoms with van der Waals surface area (Å²) in [5, 5.41) is 4.06. The Morgan fingerprint density at radius 2 is 2.09 bits per heavy atom. The van der Waals surface area contributed by atoms with E-state index in [4.69, 9.17) is 4.74 Å². The first kappa shape index (κ1) is 14.9. The Morgan fingerprint density at radius 1 is 1.32 bits per heavy atom. The van der Waals surface area contributed by atoms with Gasteiger partial charge >= 0.3 is 0 Å². The number of sulfonamides is 1. The third kappa shape index (κ3) is 2.16. The molecular weight excluding hydrogens is 302 g/mol. The molecule has 1 aromatic heterocycles. The lowest BCUT2D eigenvalue weighted by atomic mass is 10.0. The summed E-state index contributed by atoms with van der Waals surface area (Å²) in [6.45, 7) is 2.21. The van der Waals surface area contributed by atoms with Crippen molar-refractivity contribution in [2.45, 2.75) is 24.7 Å². The number of rotatable bonds is 3. The molecule has 1 aliphatic rings. The number of aryl methyl sites for hydroxylation is 2. The summed E-state index contributed by atoms with van der Waals surface area (Å²) in [5.74, 6) is 0.585. The number of methoxy groups -OCH3 is 1. The Bertz CT molecular complexity index is 797. The van der Waals surface area contributed by atoms with Crippen molar-refractivity contribution in [2.75, 3.05) is 18.0 Å². The number of hydrogen-bond acceptors (Lipinski definition) is 4. The van der Waals surface area contributed by atoms with Gasteiger partial charge in [-0.3, -0.25) is 8.99 Å². The first-order valence-electron chi connectivity index (χ1n) is 7.14. The lowest BCUT2D eigenvalue weighted by Crippen LogP contribution is -2.36. The minimum absolute atomic E-state index is 0.244. The molecule has 7 heteroatoms. The highest BCUT2D eigenvalue weighted by atomic mass is 32.2. The van der Waals surface area contributed by atoms with Gasteiger partial charge in [-0.05, 0) is 31.4 Å². The highest BCUT2D eigenvalue weighted by Gasteiger charge is 2.33. The summed E-state index contributed by atoms with van der Waals surface area (Å²) in [6, 6.07) is 5.64. The molecule has 0 bridgehead atoms. The molecule has 22 heavy (non-hydrogen) atoms. The second-order valence-corrected chi connectivity index (χ2v) is 7.20. The van der Waals surface area contributed by atoms with Crippen LogP contribution in [0.1, 0.15) is 17.7 Å². The Morgan fingerprint density at radius 3 is 2.73 bits per heavy atom. The van der Waals surface area contributed by atoms with Gasteiger partial charge < -0.3 is 4.74 Å². The van der Waals surface area contributed by atoms with Crippen molar-refractivity contribution in [3.05, 3.63) is 35.7 Å². The van der Waals surface area contributed by atoms with E-state index in [1.54, 1.807) is 31.8 Å². The molecule has 1 aromatic carbocycles. The molecule has 3 rings (SSSR count). The van der Waals surface area contributed by atoms with E-state index in [9.17, 15) is 8.42 Å². The van der Waals surface area contributed by atoms with E-state index in [0.717, 1.165) is 18.4 Å². The van der Waals surface area contributed by atoms with Gasteiger partial charge in [0.2, 0.25) is 0 Å². The molecule has 0 amide bonds. The molecule has 0 aliphatic carbocycles. The normalized spacial score (nSPS) is 14.8. The maximum atomic E-state index is 13.1. The number of hydrogen-bond donors (Lipinski definition) is 0. The molecule has 2 heterocycles. The van der Waals surface area contributed by atoms with Crippen molar-refractivity contribution in [1.29, 1.82) is 0 Å². The average Bonchev–Trinajstić information content (AvgIpc) is 2.86. The number of ether oxygens (including phenoxy) is 1. The summed E-state index contributed by atoms with van der Waals surface area (Å²) < 4.78 is 34.5. The number of aromatic nitrogens is 2. The third-order valence-corrected chi connectivity index (χ3v) is 6.02. The zero-order valence-corrected chi connectivity index (χ0v) is 13.7. The number of nitrogens with zero attached hydrogens (tertiary/aromatic N) is 3. The van der Waals surface area contributed by atoms with Gasteiger partial charge in [0, 0.05) is 13.6 Å². The predicted octanol–water partition coefficient (Wildman–Crippen LogP) is 1.88. The average molecular weight is 321 g/mol. The second-order valence-electron chi connectivity index (χ2n) is 5.37. The van der Waals surface area contributed by atoms with Crippen LogP contribution in [-0.4, -0.2) is 31.9 Å². The van der Waals surface area contributed by atoms with Gasteiger partial charge in [0.15, 0.2) is 0 Å². The van der Waals surface area contributed by atoms with Gasteiger partial charge in [0.1, 0.15) is 10.6 Å². The Balaban J connectivity index is 2.17. The van der Waals surface area contributed by atoms with Crippen LogP contribution in [0.2, 0.25) is 0 Å². The third-order valence-electron chi connectivity index (χ3n) is 4.12. The molecule has 0 radical (unpaired) electrons. The largest absolute Gasteiger partial charge is 0.495 e. The zero-order chi connectivity index (χ0) is 15.9. The fraction of sp³-hybridized carbons (Fsp3) is 0.400. The van der Waals surface area contributed by atoms with E-state index in [-0.39, 0.29) is 4.90 Å². The molecule has 0 unspecified atom stereocenters. The van der Waals surface area contributed by atoms with Crippen LogP contribution in [0.15, 0.2) is 29.3 Å². The van der Waals surface area contributed by atoms with Crippen molar-refractivity contribution >= 4 is 15.7 Å². The fourth-order valence-electron chi connectivity index (χ4n) is 2.83. The Hall–Kier alpha value is -2.02. The molecule has 0 atom stereocenters. The van der Waals surface area contributed by atoms with E-state index in [1.165, 1.54) is 10.5 Å². The van der Waals surface area contributed by atoms with Crippen LogP contribution in [0, 0.1) is 6.92 Å². The van der Waals surface area contributed by atoms with Gasteiger partial charge in [-0.1, -0.05) is 12.1 Å².